The molecule has 2 heterocycles. The molecule has 1 saturated heterocycles. The lowest BCUT2D eigenvalue weighted by atomic mass is 10.0. The summed E-state index contributed by atoms with van der Waals surface area (Å²) in [6.07, 6.45) is -7.06. The highest BCUT2D eigenvalue weighted by atomic mass is 19.4. The second-order valence-corrected chi connectivity index (χ2v) is 5.98. The Labute approximate surface area is 145 Å². The molecule has 1 aliphatic rings. The molecule has 0 aromatic carbocycles. The molecule has 26 heavy (non-hydrogen) atoms. The van der Waals surface area contributed by atoms with Crippen molar-refractivity contribution in [2.24, 2.45) is 7.05 Å². The van der Waals surface area contributed by atoms with Crippen LogP contribution in [-0.2, 0) is 21.4 Å². The number of alkyl halides is 5. The van der Waals surface area contributed by atoms with Crippen molar-refractivity contribution >= 4 is 17.5 Å². The van der Waals surface area contributed by atoms with Gasteiger partial charge in [-0.2, -0.15) is 18.3 Å². The molecule has 1 aromatic rings. The molecule has 0 aliphatic carbocycles. The minimum atomic E-state index is -4.63. The summed E-state index contributed by atoms with van der Waals surface area (Å²) >= 11 is 0. The van der Waals surface area contributed by atoms with Gasteiger partial charge < -0.3 is 15.0 Å². The van der Waals surface area contributed by atoms with E-state index in [1.807, 2.05) is 5.32 Å². The summed E-state index contributed by atoms with van der Waals surface area (Å²) in [7, 11) is 1.35. The second kappa shape index (κ2) is 7.17. The van der Waals surface area contributed by atoms with E-state index < -0.39 is 48.7 Å². The monoisotopic (exact) mass is 384 g/mol. The molecular weight excluding hydrogens is 367 g/mol. The van der Waals surface area contributed by atoms with Gasteiger partial charge >= 0.3 is 18.0 Å². The zero-order chi connectivity index (χ0) is 19.7. The molecule has 1 fully saturated rings. The van der Waals surface area contributed by atoms with Gasteiger partial charge in [0.05, 0.1) is 12.3 Å². The Balaban J connectivity index is 2.06. The zero-order valence-electron chi connectivity index (χ0n) is 13.9. The van der Waals surface area contributed by atoms with Gasteiger partial charge in [-0.15, -0.1) is 0 Å². The summed E-state index contributed by atoms with van der Waals surface area (Å²) in [5, 5.41) is 5.50. The van der Waals surface area contributed by atoms with Gasteiger partial charge in [-0.25, -0.2) is 8.78 Å². The number of nitrogens with one attached hydrogen (secondary N) is 1. The number of amides is 2. The number of hydrogen-bond donors (Lipinski definition) is 1. The van der Waals surface area contributed by atoms with Gasteiger partial charge in [0.2, 0.25) is 0 Å². The van der Waals surface area contributed by atoms with Crippen LogP contribution < -0.4 is 5.32 Å². The normalized spacial score (nSPS) is 21.6. The maximum Gasteiger partial charge on any atom is 0.417 e. The summed E-state index contributed by atoms with van der Waals surface area (Å²) < 4.78 is 70.6. The lowest BCUT2D eigenvalue weighted by Crippen LogP contribution is -2.45. The third-order valence-corrected chi connectivity index (χ3v) is 4.03. The maximum absolute atomic E-state index is 13.0. The number of aryl methyl sites for hydroxylation is 1. The smallest absolute Gasteiger partial charge is 0.364 e. The van der Waals surface area contributed by atoms with Crippen LogP contribution in [0.2, 0.25) is 0 Å². The van der Waals surface area contributed by atoms with E-state index in [0.717, 1.165) is 22.7 Å². The van der Waals surface area contributed by atoms with Crippen LogP contribution in [0.1, 0.15) is 25.5 Å². The number of nitrogens with zero attached hydrogens (tertiary/aromatic N) is 3. The Kier molecular flexibility index (Phi) is 5.54. The van der Waals surface area contributed by atoms with E-state index in [-0.39, 0.29) is 18.8 Å². The van der Waals surface area contributed by atoms with Crippen LogP contribution in [0.15, 0.2) is 6.20 Å². The molecule has 0 saturated carbocycles. The molecule has 2 amide bonds. The third-order valence-electron chi connectivity index (χ3n) is 4.03. The zero-order valence-corrected chi connectivity index (χ0v) is 13.9. The van der Waals surface area contributed by atoms with Crippen molar-refractivity contribution in [2.75, 3.05) is 25.0 Å². The number of carbonyl (C=O) groups excluding carboxylic acids is 2. The quantitative estimate of drug-likeness (QED) is 0.624. The van der Waals surface area contributed by atoms with E-state index in [1.54, 1.807) is 0 Å². The molecule has 1 N–H and O–H groups in total. The minimum Gasteiger partial charge on any atom is -0.364 e. The molecule has 7 nitrogen and oxygen atoms in total. The van der Waals surface area contributed by atoms with Crippen LogP contribution in [0.5, 0.6) is 0 Å². The Hall–Kier alpha value is -2.24. The summed E-state index contributed by atoms with van der Waals surface area (Å²) in [4.78, 5) is 25.1. The number of anilines is 1. The SMILES string of the molecule is Cn1cc(NC(=O)C(=O)N2CCOC(C)(C(F)(F)F)CC2)c(C(F)F)n1. The summed E-state index contributed by atoms with van der Waals surface area (Å²) in [6, 6.07) is 0. The molecule has 0 spiro atoms. The number of hydrogen-bond acceptors (Lipinski definition) is 4. The average molecular weight is 384 g/mol. The van der Waals surface area contributed by atoms with Gasteiger partial charge in [0, 0.05) is 32.8 Å². The molecule has 146 valence electrons. The Bertz CT molecular complexity index is 691. The Morgan fingerprint density at radius 3 is 2.58 bits per heavy atom. The van der Waals surface area contributed by atoms with Crippen molar-refractivity contribution < 1.29 is 36.3 Å². The highest BCUT2D eigenvalue weighted by Gasteiger charge is 2.53. The standard InChI is InChI=1S/C14H17F5N4O3/c1-13(14(17,18)19)3-4-23(5-6-26-13)12(25)11(24)20-8-7-22(2)21-9(8)10(15)16/h7,10H,3-6H2,1-2H3,(H,20,24). The van der Waals surface area contributed by atoms with E-state index in [4.69, 9.17) is 4.74 Å². The van der Waals surface area contributed by atoms with Crippen molar-refractivity contribution in [3.8, 4) is 0 Å². The first-order valence-electron chi connectivity index (χ1n) is 7.57. The molecule has 0 bridgehead atoms. The fourth-order valence-corrected chi connectivity index (χ4v) is 2.42. The van der Waals surface area contributed by atoms with Gasteiger partial charge in [0.1, 0.15) is 0 Å². The van der Waals surface area contributed by atoms with E-state index in [2.05, 4.69) is 5.10 Å². The topological polar surface area (TPSA) is 76.5 Å². The van der Waals surface area contributed by atoms with E-state index in [9.17, 15) is 31.5 Å². The summed E-state index contributed by atoms with van der Waals surface area (Å²) in [5.41, 5.74) is -3.48. The number of carbonyl (C=O) groups is 2. The number of aromatic nitrogens is 2. The van der Waals surface area contributed by atoms with E-state index in [1.165, 1.54) is 7.05 Å². The second-order valence-electron chi connectivity index (χ2n) is 5.98. The Morgan fingerprint density at radius 2 is 2.00 bits per heavy atom. The predicted molar refractivity (Wildman–Crippen MR) is 78.4 cm³/mol. The first kappa shape index (κ1) is 20.1. The number of rotatable bonds is 2. The van der Waals surface area contributed by atoms with Crippen molar-refractivity contribution in [2.45, 2.75) is 31.5 Å². The Morgan fingerprint density at radius 1 is 1.35 bits per heavy atom. The van der Waals surface area contributed by atoms with E-state index in [0.29, 0.717) is 0 Å². The number of halogens is 5. The van der Waals surface area contributed by atoms with Crippen molar-refractivity contribution in [3.63, 3.8) is 0 Å². The van der Waals surface area contributed by atoms with Gasteiger partial charge in [-0.1, -0.05) is 0 Å². The van der Waals surface area contributed by atoms with Crippen LogP contribution in [0.25, 0.3) is 0 Å². The molecule has 0 radical (unpaired) electrons. The first-order valence-corrected chi connectivity index (χ1v) is 7.57. The summed E-state index contributed by atoms with van der Waals surface area (Å²) in [5.74, 6) is -2.38. The molecule has 1 unspecified atom stereocenters. The van der Waals surface area contributed by atoms with Gasteiger partial charge in [-0.05, 0) is 6.92 Å². The van der Waals surface area contributed by atoms with E-state index >= 15 is 0 Å². The summed E-state index contributed by atoms with van der Waals surface area (Å²) in [6.45, 7) is -0.139. The predicted octanol–water partition coefficient (Wildman–Crippen LogP) is 1.87. The highest BCUT2D eigenvalue weighted by Crippen LogP contribution is 2.37. The lowest BCUT2D eigenvalue weighted by molar-refractivity contribution is -0.269. The van der Waals surface area contributed by atoms with Crippen molar-refractivity contribution in [1.29, 1.82) is 0 Å². The molecule has 1 aromatic heterocycles. The fourth-order valence-electron chi connectivity index (χ4n) is 2.42. The van der Waals surface area contributed by atoms with Crippen LogP contribution in [0.4, 0.5) is 27.6 Å². The minimum absolute atomic E-state index is 0.229. The lowest BCUT2D eigenvalue weighted by Gasteiger charge is -2.30. The van der Waals surface area contributed by atoms with Gasteiger partial charge in [-0.3, -0.25) is 14.3 Å². The number of ether oxygens (including phenoxy) is 1. The third kappa shape index (κ3) is 4.11. The van der Waals surface area contributed by atoms with Crippen molar-refractivity contribution in [3.05, 3.63) is 11.9 Å². The fraction of sp³-hybridized carbons (Fsp3) is 0.643. The maximum atomic E-state index is 13.0. The first-order chi connectivity index (χ1) is 11.9. The molecule has 1 aliphatic heterocycles. The molecule has 12 heteroatoms. The van der Waals surface area contributed by atoms with Crippen LogP contribution in [0.3, 0.4) is 0 Å². The van der Waals surface area contributed by atoms with Gasteiger partial charge in [0.25, 0.3) is 6.43 Å². The average Bonchev–Trinajstić information content (AvgIpc) is 2.76. The van der Waals surface area contributed by atoms with Crippen LogP contribution >= 0.6 is 0 Å². The van der Waals surface area contributed by atoms with Crippen LogP contribution in [-0.4, -0.2) is 58.0 Å². The largest absolute Gasteiger partial charge is 0.417 e. The van der Waals surface area contributed by atoms with Gasteiger partial charge in [0.15, 0.2) is 11.3 Å². The molecule has 1 atom stereocenters. The van der Waals surface area contributed by atoms with Crippen molar-refractivity contribution in [1.82, 2.24) is 14.7 Å². The highest BCUT2D eigenvalue weighted by molar-refractivity contribution is 6.39. The molecule has 2 rings (SSSR count). The van der Waals surface area contributed by atoms with Crippen LogP contribution in [0, 0.1) is 0 Å². The molecular formula is C14H17F5N4O3.